The van der Waals surface area contributed by atoms with E-state index in [2.05, 4.69) is 10.2 Å². The molecule has 112 valence electrons. The van der Waals surface area contributed by atoms with E-state index in [1.54, 1.807) is 6.07 Å². The van der Waals surface area contributed by atoms with E-state index in [0.717, 1.165) is 31.6 Å². The molecule has 5 heteroatoms. The maximum absolute atomic E-state index is 14.4. The van der Waals surface area contributed by atoms with Gasteiger partial charge in [-0.2, -0.15) is 0 Å². The summed E-state index contributed by atoms with van der Waals surface area (Å²) in [6.45, 7) is 1.91. The van der Waals surface area contributed by atoms with E-state index in [9.17, 15) is 14.0 Å². The Kier molecular flexibility index (Phi) is 3.90. The van der Waals surface area contributed by atoms with Gasteiger partial charge in [-0.15, -0.1) is 0 Å². The Balaban J connectivity index is 1.81. The molecule has 2 heterocycles. The number of piperidine rings is 2. The number of amides is 2. The Hall–Kier alpha value is -1.91. The van der Waals surface area contributed by atoms with Gasteiger partial charge in [0.05, 0.1) is 5.92 Å². The highest BCUT2D eigenvalue weighted by Gasteiger charge is 2.30. The quantitative estimate of drug-likeness (QED) is 0.851. The van der Waals surface area contributed by atoms with Crippen molar-refractivity contribution in [1.82, 2.24) is 5.32 Å². The van der Waals surface area contributed by atoms with Gasteiger partial charge in [0.15, 0.2) is 0 Å². The Morgan fingerprint density at radius 2 is 1.90 bits per heavy atom. The van der Waals surface area contributed by atoms with E-state index in [1.165, 1.54) is 12.5 Å². The minimum atomic E-state index is -0.557. The van der Waals surface area contributed by atoms with Gasteiger partial charge in [0, 0.05) is 30.8 Å². The molecule has 2 saturated heterocycles. The van der Waals surface area contributed by atoms with Gasteiger partial charge in [-0.25, -0.2) is 4.39 Å². The van der Waals surface area contributed by atoms with E-state index in [4.69, 9.17) is 0 Å². The molecule has 0 bridgehead atoms. The second-order valence-electron chi connectivity index (χ2n) is 5.76. The molecule has 4 nitrogen and oxygen atoms in total. The van der Waals surface area contributed by atoms with Crippen molar-refractivity contribution in [3.05, 3.63) is 29.6 Å². The summed E-state index contributed by atoms with van der Waals surface area (Å²) in [6, 6.07) is 5.09. The number of nitrogens with zero attached hydrogens (tertiary/aromatic N) is 1. The normalized spacial score (nSPS) is 23.1. The van der Waals surface area contributed by atoms with E-state index < -0.39 is 11.8 Å². The molecular weight excluding hydrogens is 271 g/mol. The number of imide groups is 1. The lowest BCUT2D eigenvalue weighted by molar-refractivity contribution is -0.134. The Bertz CT molecular complexity index is 567. The minimum absolute atomic E-state index is 0.268. The molecule has 0 aliphatic carbocycles. The fourth-order valence-corrected chi connectivity index (χ4v) is 3.14. The number of halogens is 1. The first kappa shape index (κ1) is 14.0. The summed E-state index contributed by atoms with van der Waals surface area (Å²) in [7, 11) is 0. The molecule has 1 aromatic carbocycles. The third kappa shape index (κ3) is 2.91. The molecule has 21 heavy (non-hydrogen) atoms. The number of anilines is 1. The molecule has 3 rings (SSSR count). The maximum atomic E-state index is 14.4. The number of carbonyl (C=O) groups excluding carboxylic acids is 2. The fourth-order valence-electron chi connectivity index (χ4n) is 3.14. The van der Waals surface area contributed by atoms with Crippen molar-refractivity contribution in [1.29, 1.82) is 0 Å². The third-order valence-corrected chi connectivity index (χ3v) is 4.32. The predicted molar refractivity (Wildman–Crippen MR) is 77.6 cm³/mol. The van der Waals surface area contributed by atoms with Crippen LogP contribution in [0.5, 0.6) is 0 Å². The zero-order valence-electron chi connectivity index (χ0n) is 11.9. The summed E-state index contributed by atoms with van der Waals surface area (Å²) >= 11 is 0. The molecular formula is C16H19FN2O2. The smallest absolute Gasteiger partial charge is 0.234 e. The lowest BCUT2D eigenvalue weighted by Gasteiger charge is -2.29. The van der Waals surface area contributed by atoms with Crippen LogP contribution >= 0.6 is 0 Å². The predicted octanol–water partition coefficient (Wildman–Crippen LogP) is 2.34. The molecule has 0 unspecified atom stereocenters. The van der Waals surface area contributed by atoms with Crippen molar-refractivity contribution in [3.8, 4) is 0 Å². The van der Waals surface area contributed by atoms with Gasteiger partial charge in [0.2, 0.25) is 11.8 Å². The van der Waals surface area contributed by atoms with Crippen LogP contribution in [0.3, 0.4) is 0 Å². The minimum Gasteiger partial charge on any atom is -0.371 e. The summed E-state index contributed by atoms with van der Waals surface area (Å²) in [4.78, 5) is 25.2. The second-order valence-corrected chi connectivity index (χ2v) is 5.76. The Labute approximate surface area is 123 Å². The average Bonchev–Trinajstić information content (AvgIpc) is 2.49. The van der Waals surface area contributed by atoms with Gasteiger partial charge in [-0.3, -0.25) is 14.9 Å². The van der Waals surface area contributed by atoms with Crippen LogP contribution < -0.4 is 10.2 Å². The molecule has 2 fully saturated rings. The Morgan fingerprint density at radius 1 is 1.14 bits per heavy atom. The SMILES string of the molecule is O=C1CC[C@H](c2ccc(N3CCCCC3)cc2F)C(=O)N1. The van der Waals surface area contributed by atoms with Gasteiger partial charge in [-0.1, -0.05) is 6.07 Å². The van der Waals surface area contributed by atoms with Crippen molar-refractivity contribution < 1.29 is 14.0 Å². The molecule has 0 aromatic heterocycles. The summed E-state index contributed by atoms with van der Waals surface area (Å²) in [5.41, 5.74) is 1.27. The fraction of sp³-hybridized carbons (Fsp3) is 0.500. The van der Waals surface area contributed by atoms with Crippen LogP contribution in [0.4, 0.5) is 10.1 Å². The average molecular weight is 290 g/mol. The lowest BCUT2D eigenvalue weighted by Crippen LogP contribution is -2.39. The van der Waals surface area contributed by atoms with E-state index in [-0.39, 0.29) is 18.1 Å². The van der Waals surface area contributed by atoms with Crippen LogP contribution in [0.1, 0.15) is 43.6 Å². The summed E-state index contributed by atoms with van der Waals surface area (Å²) in [5, 5.41) is 2.28. The van der Waals surface area contributed by atoms with Crippen LogP contribution in [0, 0.1) is 5.82 Å². The lowest BCUT2D eigenvalue weighted by atomic mass is 9.90. The van der Waals surface area contributed by atoms with Gasteiger partial charge >= 0.3 is 0 Å². The number of nitrogens with one attached hydrogen (secondary N) is 1. The van der Waals surface area contributed by atoms with Crippen molar-refractivity contribution >= 4 is 17.5 Å². The first-order valence-corrected chi connectivity index (χ1v) is 7.53. The molecule has 0 saturated carbocycles. The molecule has 1 aromatic rings. The number of hydrogen-bond acceptors (Lipinski definition) is 3. The molecule has 1 atom stereocenters. The summed E-state index contributed by atoms with van der Waals surface area (Å²) < 4.78 is 14.4. The topological polar surface area (TPSA) is 49.4 Å². The van der Waals surface area contributed by atoms with Crippen molar-refractivity contribution in [2.45, 2.75) is 38.0 Å². The number of hydrogen-bond donors (Lipinski definition) is 1. The number of rotatable bonds is 2. The van der Waals surface area contributed by atoms with Crippen LogP contribution in [0.2, 0.25) is 0 Å². The highest BCUT2D eigenvalue weighted by molar-refractivity contribution is 6.00. The van der Waals surface area contributed by atoms with Crippen LogP contribution in [0.15, 0.2) is 18.2 Å². The molecule has 1 N–H and O–H groups in total. The molecule has 0 radical (unpaired) electrons. The third-order valence-electron chi connectivity index (χ3n) is 4.32. The molecule has 0 spiro atoms. The number of carbonyl (C=O) groups is 2. The van der Waals surface area contributed by atoms with Crippen molar-refractivity contribution in [2.75, 3.05) is 18.0 Å². The van der Waals surface area contributed by atoms with Gasteiger partial charge in [-0.05, 0) is 37.8 Å². The number of benzene rings is 1. The van der Waals surface area contributed by atoms with E-state index >= 15 is 0 Å². The first-order chi connectivity index (χ1) is 10.1. The van der Waals surface area contributed by atoms with E-state index in [1.807, 2.05) is 6.07 Å². The second kappa shape index (κ2) is 5.84. The van der Waals surface area contributed by atoms with Gasteiger partial charge in [0.1, 0.15) is 5.82 Å². The monoisotopic (exact) mass is 290 g/mol. The molecule has 2 aliphatic heterocycles. The van der Waals surface area contributed by atoms with Crippen molar-refractivity contribution in [2.24, 2.45) is 0 Å². The summed E-state index contributed by atoms with van der Waals surface area (Å²) in [6.07, 6.45) is 4.15. The summed E-state index contributed by atoms with van der Waals surface area (Å²) in [5.74, 6) is -1.58. The zero-order chi connectivity index (χ0) is 14.8. The van der Waals surface area contributed by atoms with Crippen LogP contribution in [-0.2, 0) is 9.59 Å². The standard InChI is InChI=1S/C16H19FN2O2/c17-14-10-11(19-8-2-1-3-9-19)4-5-12(14)13-6-7-15(20)18-16(13)21/h4-5,10,13H,1-3,6-9H2,(H,18,20,21)/t13-/m1/s1. The molecule has 2 aliphatic rings. The highest BCUT2D eigenvalue weighted by Crippen LogP contribution is 2.30. The zero-order valence-corrected chi connectivity index (χ0v) is 11.9. The largest absolute Gasteiger partial charge is 0.371 e. The van der Waals surface area contributed by atoms with E-state index in [0.29, 0.717) is 12.0 Å². The molecule has 2 amide bonds. The van der Waals surface area contributed by atoms with Crippen molar-refractivity contribution in [3.63, 3.8) is 0 Å². The van der Waals surface area contributed by atoms with Crippen LogP contribution in [-0.4, -0.2) is 24.9 Å². The first-order valence-electron chi connectivity index (χ1n) is 7.53. The van der Waals surface area contributed by atoms with Gasteiger partial charge in [0.25, 0.3) is 0 Å². The van der Waals surface area contributed by atoms with Crippen LogP contribution in [0.25, 0.3) is 0 Å². The highest BCUT2D eigenvalue weighted by atomic mass is 19.1. The van der Waals surface area contributed by atoms with Gasteiger partial charge < -0.3 is 4.90 Å². The Morgan fingerprint density at radius 3 is 2.57 bits per heavy atom. The maximum Gasteiger partial charge on any atom is 0.234 e.